The molecule has 0 aromatic heterocycles. The minimum Gasteiger partial charge on any atom is -0.389 e. The highest BCUT2D eigenvalue weighted by atomic mass is 35.5. The Morgan fingerprint density at radius 3 is 3.00 bits per heavy atom. The summed E-state index contributed by atoms with van der Waals surface area (Å²) in [5.74, 6) is 0.952. The van der Waals surface area contributed by atoms with E-state index in [1.807, 2.05) is 18.2 Å². The third-order valence-electron chi connectivity index (χ3n) is 2.89. The molecule has 0 bridgehead atoms. The number of rotatable bonds is 4. The maximum absolute atomic E-state index is 9.46. The van der Waals surface area contributed by atoms with Gasteiger partial charge in [-0.15, -0.1) is 11.8 Å². The second-order valence-corrected chi connectivity index (χ2v) is 5.78. The third-order valence-corrected chi connectivity index (χ3v) is 4.52. The summed E-state index contributed by atoms with van der Waals surface area (Å²) in [6.45, 7) is 2.63. The number of aliphatic hydroxyl groups excluding tert-OH is 1. The summed E-state index contributed by atoms with van der Waals surface area (Å²) in [5, 5.41) is 10.2. The molecule has 1 saturated heterocycles. The molecule has 1 aromatic rings. The normalized spacial score (nSPS) is 21.7. The van der Waals surface area contributed by atoms with Crippen LogP contribution in [0.1, 0.15) is 31.4 Å². The molecule has 2 unspecified atom stereocenters. The van der Waals surface area contributed by atoms with Gasteiger partial charge in [-0.2, -0.15) is 0 Å². The molecule has 17 heavy (non-hydrogen) atoms. The first kappa shape index (κ1) is 13.2. The number of thioether (sulfide) groups is 1. The Kier molecular flexibility index (Phi) is 4.74. The van der Waals surface area contributed by atoms with Gasteiger partial charge in [0.15, 0.2) is 0 Å². The van der Waals surface area contributed by atoms with Crippen LogP contribution in [0, 0.1) is 0 Å². The van der Waals surface area contributed by atoms with Crippen molar-refractivity contribution >= 4 is 23.4 Å². The maximum Gasteiger partial charge on any atom is 0.0762 e. The van der Waals surface area contributed by atoms with E-state index < -0.39 is 6.10 Å². The molecule has 2 nitrogen and oxygen atoms in total. The molecule has 2 rings (SSSR count). The van der Waals surface area contributed by atoms with Crippen molar-refractivity contribution in [3.8, 4) is 0 Å². The SMILES string of the molecule is CC(O)c1ccc(SCC2CCCO2)c(Cl)c1. The molecule has 1 heterocycles. The summed E-state index contributed by atoms with van der Waals surface area (Å²) in [7, 11) is 0. The van der Waals surface area contributed by atoms with Crippen molar-refractivity contribution in [1.29, 1.82) is 0 Å². The van der Waals surface area contributed by atoms with Gasteiger partial charge in [-0.05, 0) is 37.5 Å². The van der Waals surface area contributed by atoms with Crippen LogP contribution in [0.2, 0.25) is 5.02 Å². The lowest BCUT2D eigenvalue weighted by Gasteiger charge is -2.11. The Hall–Kier alpha value is -0.220. The molecule has 1 aromatic carbocycles. The van der Waals surface area contributed by atoms with Crippen LogP contribution >= 0.6 is 23.4 Å². The average Bonchev–Trinajstić information content (AvgIpc) is 2.80. The molecule has 1 aliphatic rings. The van der Waals surface area contributed by atoms with E-state index in [1.54, 1.807) is 18.7 Å². The van der Waals surface area contributed by atoms with Crippen LogP contribution in [0.25, 0.3) is 0 Å². The third kappa shape index (κ3) is 3.62. The summed E-state index contributed by atoms with van der Waals surface area (Å²) >= 11 is 7.91. The van der Waals surface area contributed by atoms with Crippen LogP contribution in [0.3, 0.4) is 0 Å². The van der Waals surface area contributed by atoms with Crippen LogP contribution in [0.15, 0.2) is 23.1 Å². The van der Waals surface area contributed by atoms with Crippen molar-refractivity contribution in [2.75, 3.05) is 12.4 Å². The predicted molar refractivity (Wildman–Crippen MR) is 71.8 cm³/mol. The zero-order chi connectivity index (χ0) is 12.3. The van der Waals surface area contributed by atoms with Crippen LogP contribution in [-0.2, 0) is 4.74 Å². The lowest BCUT2D eigenvalue weighted by Crippen LogP contribution is -2.07. The molecule has 4 heteroatoms. The number of hydrogen-bond acceptors (Lipinski definition) is 3. The Labute approximate surface area is 111 Å². The van der Waals surface area contributed by atoms with Gasteiger partial charge in [-0.25, -0.2) is 0 Å². The highest BCUT2D eigenvalue weighted by Crippen LogP contribution is 2.31. The lowest BCUT2D eigenvalue weighted by atomic mass is 10.1. The van der Waals surface area contributed by atoms with Gasteiger partial charge in [0.1, 0.15) is 0 Å². The van der Waals surface area contributed by atoms with Crippen molar-refractivity contribution in [3.63, 3.8) is 0 Å². The number of aliphatic hydroxyl groups is 1. The van der Waals surface area contributed by atoms with Crippen molar-refractivity contribution in [1.82, 2.24) is 0 Å². The Bertz CT molecular complexity index is 376. The fourth-order valence-electron chi connectivity index (χ4n) is 1.85. The Morgan fingerprint density at radius 1 is 1.59 bits per heavy atom. The van der Waals surface area contributed by atoms with Crippen molar-refractivity contribution in [2.45, 2.75) is 36.9 Å². The standard InChI is InChI=1S/C13H17ClO2S/c1-9(15)10-4-5-13(12(14)7-10)17-8-11-3-2-6-16-11/h4-5,7,9,11,15H,2-3,6,8H2,1H3. The van der Waals surface area contributed by atoms with Crippen LogP contribution < -0.4 is 0 Å². The number of hydrogen-bond donors (Lipinski definition) is 1. The summed E-state index contributed by atoms with van der Waals surface area (Å²) < 4.78 is 5.57. The number of halogens is 1. The molecular weight excluding hydrogens is 256 g/mol. The molecule has 0 spiro atoms. The fraction of sp³-hybridized carbons (Fsp3) is 0.538. The molecular formula is C13H17ClO2S. The van der Waals surface area contributed by atoms with Gasteiger partial charge < -0.3 is 9.84 Å². The minimum absolute atomic E-state index is 0.368. The predicted octanol–water partition coefficient (Wildman–Crippen LogP) is 3.66. The summed E-state index contributed by atoms with van der Waals surface area (Å²) in [6.07, 6.45) is 2.22. The largest absolute Gasteiger partial charge is 0.389 e. The number of ether oxygens (including phenoxy) is 1. The monoisotopic (exact) mass is 272 g/mol. The van der Waals surface area contributed by atoms with Gasteiger partial charge in [0.2, 0.25) is 0 Å². The topological polar surface area (TPSA) is 29.5 Å². The Morgan fingerprint density at radius 2 is 2.41 bits per heavy atom. The molecule has 0 radical (unpaired) electrons. The van der Waals surface area contributed by atoms with E-state index in [-0.39, 0.29) is 0 Å². The molecule has 0 saturated carbocycles. The second-order valence-electron chi connectivity index (χ2n) is 4.31. The van der Waals surface area contributed by atoms with Gasteiger partial charge in [0.05, 0.1) is 17.2 Å². The molecule has 0 amide bonds. The first-order valence-electron chi connectivity index (χ1n) is 5.88. The van der Waals surface area contributed by atoms with E-state index in [4.69, 9.17) is 16.3 Å². The summed E-state index contributed by atoms with van der Waals surface area (Å²) in [4.78, 5) is 1.06. The molecule has 1 N–H and O–H groups in total. The molecule has 94 valence electrons. The van der Waals surface area contributed by atoms with E-state index in [2.05, 4.69) is 0 Å². The van der Waals surface area contributed by atoms with Gasteiger partial charge in [-0.3, -0.25) is 0 Å². The van der Waals surface area contributed by atoms with Crippen LogP contribution in [0.5, 0.6) is 0 Å². The quantitative estimate of drug-likeness (QED) is 0.848. The van der Waals surface area contributed by atoms with Crippen molar-refractivity contribution < 1.29 is 9.84 Å². The van der Waals surface area contributed by atoms with Gasteiger partial charge in [0, 0.05) is 17.3 Å². The maximum atomic E-state index is 9.46. The minimum atomic E-state index is -0.468. The summed E-state index contributed by atoms with van der Waals surface area (Å²) in [5.41, 5.74) is 0.858. The summed E-state index contributed by atoms with van der Waals surface area (Å²) in [6, 6.07) is 5.74. The second kappa shape index (κ2) is 6.10. The molecule has 1 fully saturated rings. The van der Waals surface area contributed by atoms with Crippen LogP contribution in [-0.4, -0.2) is 23.6 Å². The van der Waals surface area contributed by atoms with E-state index in [9.17, 15) is 5.11 Å². The van der Waals surface area contributed by atoms with Crippen molar-refractivity contribution in [2.24, 2.45) is 0 Å². The highest BCUT2D eigenvalue weighted by Gasteiger charge is 2.16. The average molecular weight is 273 g/mol. The van der Waals surface area contributed by atoms with Gasteiger partial charge >= 0.3 is 0 Å². The smallest absolute Gasteiger partial charge is 0.0762 e. The number of benzene rings is 1. The van der Waals surface area contributed by atoms with E-state index in [0.717, 1.165) is 29.2 Å². The zero-order valence-corrected chi connectivity index (χ0v) is 11.4. The highest BCUT2D eigenvalue weighted by molar-refractivity contribution is 7.99. The van der Waals surface area contributed by atoms with E-state index in [1.165, 1.54) is 6.42 Å². The zero-order valence-electron chi connectivity index (χ0n) is 9.86. The first-order valence-corrected chi connectivity index (χ1v) is 7.25. The van der Waals surface area contributed by atoms with Gasteiger partial charge in [-0.1, -0.05) is 17.7 Å². The lowest BCUT2D eigenvalue weighted by molar-refractivity contribution is 0.129. The van der Waals surface area contributed by atoms with E-state index in [0.29, 0.717) is 11.1 Å². The van der Waals surface area contributed by atoms with Crippen molar-refractivity contribution in [3.05, 3.63) is 28.8 Å². The fourth-order valence-corrected chi connectivity index (χ4v) is 3.19. The first-order chi connectivity index (χ1) is 8.16. The van der Waals surface area contributed by atoms with E-state index >= 15 is 0 Å². The Balaban J connectivity index is 1.96. The van der Waals surface area contributed by atoms with Gasteiger partial charge in [0.25, 0.3) is 0 Å². The molecule has 0 aliphatic carbocycles. The molecule has 2 atom stereocenters. The van der Waals surface area contributed by atoms with Crippen LogP contribution in [0.4, 0.5) is 0 Å². The molecule has 1 aliphatic heterocycles.